The Balaban J connectivity index is 1.80. The molecule has 0 aromatic rings. The third kappa shape index (κ3) is 1.21. The van der Waals surface area contributed by atoms with Gasteiger partial charge in [0.05, 0.1) is 0 Å². The topological polar surface area (TPSA) is 34.1 Å². The molecule has 4 saturated carbocycles. The molecular formula is C20H30O2. The summed E-state index contributed by atoms with van der Waals surface area (Å²) >= 11 is 0. The fourth-order valence-corrected chi connectivity index (χ4v) is 7.14. The Labute approximate surface area is 134 Å². The molecule has 0 aliphatic heterocycles. The van der Waals surface area contributed by atoms with E-state index in [2.05, 4.69) is 41.5 Å². The number of hydrogen-bond donors (Lipinski definition) is 0. The normalized spacial score (nSPS) is 54.5. The maximum Gasteiger partial charge on any atom is 0.143 e. The van der Waals surface area contributed by atoms with Crippen molar-refractivity contribution >= 4 is 11.6 Å². The molecule has 4 bridgehead atoms. The Hall–Kier alpha value is -0.660. The lowest BCUT2D eigenvalue weighted by Crippen LogP contribution is -2.41. The summed E-state index contributed by atoms with van der Waals surface area (Å²) in [4.78, 5) is 26.6. The monoisotopic (exact) mass is 302 g/mol. The van der Waals surface area contributed by atoms with Gasteiger partial charge in [0.2, 0.25) is 0 Å². The van der Waals surface area contributed by atoms with Crippen molar-refractivity contribution in [3.63, 3.8) is 0 Å². The zero-order valence-electron chi connectivity index (χ0n) is 15.0. The first-order valence-electron chi connectivity index (χ1n) is 9.09. The van der Waals surface area contributed by atoms with Gasteiger partial charge in [0.25, 0.3) is 0 Å². The van der Waals surface area contributed by atoms with Crippen LogP contribution in [0.3, 0.4) is 0 Å². The molecule has 2 heteroatoms. The second-order valence-corrected chi connectivity index (χ2v) is 10.2. The van der Waals surface area contributed by atoms with E-state index >= 15 is 0 Å². The van der Waals surface area contributed by atoms with Crippen molar-refractivity contribution in [3.8, 4) is 0 Å². The van der Waals surface area contributed by atoms with Gasteiger partial charge in [0.15, 0.2) is 0 Å². The summed E-state index contributed by atoms with van der Waals surface area (Å²) < 4.78 is 0. The molecule has 4 aliphatic carbocycles. The molecule has 4 fully saturated rings. The molecule has 122 valence electrons. The first kappa shape index (κ1) is 14.9. The van der Waals surface area contributed by atoms with Crippen molar-refractivity contribution < 1.29 is 9.59 Å². The zero-order valence-corrected chi connectivity index (χ0v) is 15.0. The van der Waals surface area contributed by atoms with Crippen LogP contribution in [0, 0.1) is 45.3 Å². The van der Waals surface area contributed by atoms with Crippen molar-refractivity contribution in [2.45, 2.75) is 67.2 Å². The maximum absolute atomic E-state index is 13.3. The molecule has 0 heterocycles. The number of carbonyl (C=O) groups is 2. The standard InChI is InChI=1S/C20H30O2/c1-17(2)11-7-9-19(17,5)15(21)13(11)14-12-8-10-20(6,16(14)22)18(12,3)4/h11-14H,7-10H2,1-6H3. The minimum Gasteiger partial charge on any atom is -0.299 e. The summed E-state index contributed by atoms with van der Waals surface area (Å²) in [5.41, 5.74) is -0.283. The predicted molar refractivity (Wildman–Crippen MR) is 86.2 cm³/mol. The van der Waals surface area contributed by atoms with Crippen molar-refractivity contribution in [1.29, 1.82) is 0 Å². The Kier molecular flexibility index (Phi) is 2.51. The number of rotatable bonds is 1. The predicted octanol–water partition coefficient (Wildman–Crippen LogP) is 4.27. The van der Waals surface area contributed by atoms with Crippen LogP contribution >= 0.6 is 0 Å². The zero-order chi connectivity index (χ0) is 16.3. The van der Waals surface area contributed by atoms with Gasteiger partial charge in [-0.15, -0.1) is 0 Å². The summed E-state index contributed by atoms with van der Waals surface area (Å²) in [6.07, 6.45) is 4.31. The van der Waals surface area contributed by atoms with E-state index in [9.17, 15) is 9.59 Å². The molecule has 0 saturated heterocycles. The number of ketones is 2. The molecule has 22 heavy (non-hydrogen) atoms. The molecule has 0 N–H and O–H groups in total. The molecule has 4 rings (SSSR count). The summed E-state index contributed by atoms with van der Waals surface area (Å²) in [5.74, 6) is 1.67. The fourth-order valence-electron chi connectivity index (χ4n) is 7.14. The highest BCUT2D eigenvalue weighted by Gasteiger charge is 2.74. The molecule has 2 nitrogen and oxygen atoms in total. The van der Waals surface area contributed by atoms with Gasteiger partial charge < -0.3 is 0 Å². The van der Waals surface area contributed by atoms with Gasteiger partial charge in [-0.2, -0.15) is 0 Å². The van der Waals surface area contributed by atoms with Crippen LogP contribution in [0.15, 0.2) is 0 Å². The lowest BCUT2D eigenvalue weighted by Gasteiger charge is -2.34. The highest BCUT2D eigenvalue weighted by atomic mass is 16.1. The Morgan fingerprint density at radius 2 is 1.00 bits per heavy atom. The average Bonchev–Trinajstić information content (AvgIpc) is 2.90. The van der Waals surface area contributed by atoms with Gasteiger partial charge in [-0.3, -0.25) is 9.59 Å². The maximum atomic E-state index is 13.3. The smallest absolute Gasteiger partial charge is 0.143 e. The number of carbonyl (C=O) groups excluding carboxylic acids is 2. The van der Waals surface area contributed by atoms with E-state index in [-0.39, 0.29) is 33.5 Å². The van der Waals surface area contributed by atoms with Gasteiger partial charge in [0, 0.05) is 22.7 Å². The van der Waals surface area contributed by atoms with Gasteiger partial charge >= 0.3 is 0 Å². The quantitative estimate of drug-likeness (QED) is 0.725. The largest absolute Gasteiger partial charge is 0.299 e. The second kappa shape index (κ2) is 3.70. The Morgan fingerprint density at radius 1 is 0.682 bits per heavy atom. The minimum atomic E-state index is -0.199. The van der Waals surface area contributed by atoms with Crippen LogP contribution in [0.2, 0.25) is 0 Å². The fraction of sp³-hybridized carbons (Fsp3) is 0.900. The summed E-state index contributed by atoms with van der Waals surface area (Å²) in [7, 11) is 0. The second-order valence-electron chi connectivity index (χ2n) is 10.2. The van der Waals surface area contributed by atoms with E-state index in [1.54, 1.807) is 0 Å². The molecule has 0 aromatic heterocycles. The van der Waals surface area contributed by atoms with E-state index in [0.29, 0.717) is 23.4 Å². The summed E-state index contributed by atoms with van der Waals surface area (Å²) in [5, 5.41) is 0. The Bertz CT molecular complexity index is 535. The van der Waals surface area contributed by atoms with Crippen molar-refractivity contribution in [2.75, 3.05) is 0 Å². The van der Waals surface area contributed by atoms with Crippen molar-refractivity contribution in [2.24, 2.45) is 45.3 Å². The third-order valence-corrected chi connectivity index (χ3v) is 9.56. The SMILES string of the molecule is CC12CCC(C(C3C(=O)C4(C)CCC3C4(C)C)C1=O)C2(C)C. The number of hydrogen-bond acceptors (Lipinski definition) is 2. The van der Waals surface area contributed by atoms with Crippen LogP contribution in [-0.4, -0.2) is 11.6 Å². The number of Topliss-reactive ketones (excluding diaryl/α,β-unsaturated/α-hetero) is 2. The van der Waals surface area contributed by atoms with Crippen molar-refractivity contribution in [1.82, 2.24) is 0 Å². The third-order valence-electron chi connectivity index (χ3n) is 9.56. The van der Waals surface area contributed by atoms with Gasteiger partial charge in [-0.1, -0.05) is 41.5 Å². The van der Waals surface area contributed by atoms with E-state index in [1.165, 1.54) is 0 Å². The van der Waals surface area contributed by atoms with E-state index < -0.39 is 0 Å². The van der Waals surface area contributed by atoms with E-state index in [0.717, 1.165) is 25.7 Å². The van der Waals surface area contributed by atoms with E-state index in [1.807, 2.05) is 0 Å². The molecule has 0 aromatic carbocycles. The van der Waals surface area contributed by atoms with Crippen LogP contribution in [0.25, 0.3) is 0 Å². The highest BCUT2D eigenvalue weighted by molar-refractivity contribution is 6.00. The molecule has 0 amide bonds. The average molecular weight is 302 g/mol. The van der Waals surface area contributed by atoms with Crippen LogP contribution in [-0.2, 0) is 9.59 Å². The van der Waals surface area contributed by atoms with Crippen LogP contribution < -0.4 is 0 Å². The molecule has 6 atom stereocenters. The molecule has 0 spiro atoms. The van der Waals surface area contributed by atoms with Gasteiger partial charge in [0.1, 0.15) is 11.6 Å². The first-order chi connectivity index (χ1) is 10.00. The Morgan fingerprint density at radius 3 is 1.23 bits per heavy atom. The molecule has 0 radical (unpaired) electrons. The molecular weight excluding hydrogens is 272 g/mol. The first-order valence-corrected chi connectivity index (χ1v) is 9.09. The molecule has 4 aliphatic rings. The summed E-state index contributed by atoms with van der Waals surface area (Å²) in [6, 6.07) is 0. The van der Waals surface area contributed by atoms with Gasteiger partial charge in [-0.05, 0) is 48.3 Å². The lowest BCUT2D eigenvalue weighted by atomic mass is 9.67. The summed E-state index contributed by atoms with van der Waals surface area (Å²) in [6.45, 7) is 13.4. The van der Waals surface area contributed by atoms with Gasteiger partial charge in [-0.25, -0.2) is 0 Å². The van der Waals surface area contributed by atoms with E-state index in [4.69, 9.17) is 0 Å². The van der Waals surface area contributed by atoms with Crippen LogP contribution in [0.4, 0.5) is 0 Å². The number of fused-ring (bicyclic) bond motifs is 4. The lowest BCUT2D eigenvalue weighted by molar-refractivity contribution is -0.141. The van der Waals surface area contributed by atoms with Crippen LogP contribution in [0.5, 0.6) is 0 Å². The molecule has 6 unspecified atom stereocenters. The van der Waals surface area contributed by atoms with Crippen molar-refractivity contribution in [3.05, 3.63) is 0 Å². The van der Waals surface area contributed by atoms with Crippen LogP contribution in [0.1, 0.15) is 67.2 Å². The minimum absolute atomic E-state index is 0.00708. The highest BCUT2D eigenvalue weighted by Crippen LogP contribution is 2.73.